The fourth-order valence-electron chi connectivity index (χ4n) is 0.501. The molecule has 3 heteroatoms. The number of benzene rings is 1. The minimum absolute atomic E-state index is 0. The summed E-state index contributed by atoms with van der Waals surface area (Å²) in [6, 6.07) is 9.58. The van der Waals surface area contributed by atoms with Crippen LogP contribution in [-0.2, 0) is 0 Å². The molecule has 1 aromatic carbocycles. The molecule has 0 fully saturated rings. The first kappa shape index (κ1) is 9.31. The van der Waals surface area contributed by atoms with E-state index in [1.807, 2.05) is 30.3 Å². The Labute approximate surface area is 81.8 Å². The van der Waals surface area contributed by atoms with Crippen molar-refractivity contribution in [1.29, 1.82) is 0 Å². The van der Waals surface area contributed by atoms with Crippen molar-refractivity contribution in [3.63, 3.8) is 0 Å². The van der Waals surface area contributed by atoms with Crippen LogP contribution in [-0.4, -0.2) is 29.6 Å². The molecule has 0 amide bonds. The zero-order valence-electron chi connectivity index (χ0n) is 5.26. The Morgan fingerprint density at radius 3 is 2.00 bits per heavy atom. The molecule has 1 radical (unpaired) electrons. The molecular formula is C6H6ClNNa. The van der Waals surface area contributed by atoms with Crippen molar-refractivity contribution in [2.24, 2.45) is 0 Å². The van der Waals surface area contributed by atoms with Gasteiger partial charge in [0.25, 0.3) is 0 Å². The minimum atomic E-state index is 0. The summed E-state index contributed by atoms with van der Waals surface area (Å²) in [6.45, 7) is 0. The fourth-order valence-corrected chi connectivity index (χ4v) is 0.627. The quantitative estimate of drug-likeness (QED) is 0.476. The maximum absolute atomic E-state index is 5.28. The maximum Gasteiger partial charge on any atom is 0.0491 e. The Morgan fingerprint density at radius 1 is 1.11 bits per heavy atom. The molecule has 0 aliphatic heterocycles. The normalized spacial score (nSPS) is 7.67. The number of nitrogens with one attached hydrogen (secondary N) is 1. The zero-order valence-corrected chi connectivity index (χ0v) is 8.02. The number of hydrogen-bond donors (Lipinski definition) is 1. The molecule has 1 rings (SSSR count). The van der Waals surface area contributed by atoms with Gasteiger partial charge >= 0.3 is 0 Å². The second kappa shape index (κ2) is 5.12. The third-order valence-corrected chi connectivity index (χ3v) is 1.10. The molecular weight excluding hydrogens is 145 g/mol. The predicted molar refractivity (Wildman–Crippen MR) is 41.7 cm³/mol. The third kappa shape index (κ3) is 3.11. The van der Waals surface area contributed by atoms with Crippen LogP contribution in [0.1, 0.15) is 0 Å². The molecule has 0 saturated carbocycles. The molecule has 43 valence electrons. The average Bonchev–Trinajstić information content (AvgIpc) is 1.90. The molecule has 9 heavy (non-hydrogen) atoms. The van der Waals surface area contributed by atoms with Gasteiger partial charge in [-0.2, -0.15) is 0 Å². The van der Waals surface area contributed by atoms with Crippen molar-refractivity contribution in [2.75, 3.05) is 4.84 Å². The Balaban J connectivity index is 0.000000640. The Morgan fingerprint density at radius 2 is 1.67 bits per heavy atom. The van der Waals surface area contributed by atoms with Gasteiger partial charge in [0, 0.05) is 47.0 Å². The van der Waals surface area contributed by atoms with Gasteiger partial charge < -0.3 is 0 Å². The molecule has 0 heterocycles. The van der Waals surface area contributed by atoms with Crippen molar-refractivity contribution < 1.29 is 0 Å². The van der Waals surface area contributed by atoms with Gasteiger partial charge in [-0.15, -0.1) is 0 Å². The summed E-state index contributed by atoms with van der Waals surface area (Å²) in [6.07, 6.45) is 0. The first-order valence-corrected chi connectivity index (χ1v) is 2.73. The molecule has 0 atom stereocenters. The van der Waals surface area contributed by atoms with E-state index in [0.29, 0.717) is 0 Å². The van der Waals surface area contributed by atoms with E-state index in [2.05, 4.69) is 4.84 Å². The molecule has 0 aliphatic carbocycles. The van der Waals surface area contributed by atoms with E-state index in [-0.39, 0.29) is 29.6 Å². The van der Waals surface area contributed by atoms with Crippen LogP contribution in [0.2, 0.25) is 0 Å². The van der Waals surface area contributed by atoms with Crippen molar-refractivity contribution >= 4 is 47.0 Å². The van der Waals surface area contributed by atoms with Crippen LogP contribution in [0.4, 0.5) is 5.69 Å². The number of hydrogen-bond acceptors (Lipinski definition) is 1. The van der Waals surface area contributed by atoms with E-state index in [0.717, 1.165) is 5.69 Å². The van der Waals surface area contributed by atoms with Gasteiger partial charge in [0.15, 0.2) is 0 Å². The van der Waals surface area contributed by atoms with E-state index in [9.17, 15) is 0 Å². The Bertz CT molecular complexity index is 154. The van der Waals surface area contributed by atoms with E-state index in [4.69, 9.17) is 11.8 Å². The van der Waals surface area contributed by atoms with Crippen LogP contribution < -0.4 is 4.84 Å². The van der Waals surface area contributed by atoms with Gasteiger partial charge in [0.2, 0.25) is 0 Å². The summed E-state index contributed by atoms with van der Waals surface area (Å²) in [5, 5.41) is 0. The van der Waals surface area contributed by atoms with E-state index < -0.39 is 0 Å². The van der Waals surface area contributed by atoms with Crippen LogP contribution >= 0.6 is 11.8 Å². The van der Waals surface area contributed by atoms with Crippen molar-refractivity contribution in [3.05, 3.63) is 30.3 Å². The van der Waals surface area contributed by atoms with Crippen molar-refractivity contribution in [1.82, 2.24) is 0 Å². The van der Waals surface area contributed by atoms with Crippen molar-refractivity contribution in [2.45, 2.75) is 0 Å². The monoisotopic (exact) mass is 150 g/mol. The third-order valence-electron chi connectivity index (χ3n) is 0.883. The van der Waals surface area contributed by atoms with Crippen molar-refractivity contribution in [3.8, 4) is 0 Å². The molecule has 0 spiro atoms. The summed E-state index contributed by atoms with van der Waals surface area (Å²) in [5.41, 5.74) is 0.925. The second-order valence-corrected chi connectivity index (χ2v) is 1.65. The summed E-state index contributed by atoms with van der Waals surface area (Å²) in [5.74, 6) is 0. The first-order chi connectivity index (χ1) is 3.93. The molecule has 1 N–H and O–H groups in total. The molecule has 0 aromatic heterocycles. The fraction of sp³-hybridized carbons (Fsp3) is 0. The summed E-state index contributed by atoms with van der Waals surface area (Å²) in [4.78, 5) is 2.50. The second-order valence-electron chi connectivity index (χ2n) is 1.46. The summed E-state index contributed by atoms with van der Waals surface area (Å²) < 4.78 is 0. The summed E-state index contributed by atoms with van der Waals surface area (Å²) >= 11 is 5.28. The standard InChI is InChI=1S/C6H6ClN.Na/c7-8-6-4-2-1-3-5-6;/h1-5,8H;. The Kier molecular flexibility index (Phi) is 5.30. The van der Waals surface area contributed by atoms with E-state index >= 15 is 0 Å². The van der Waals surface area contributed by atoms with E-state index in [1.54, 1.807) is 0 Å². The molecule has 0 bridgehead atoms. The van der Waals surface area contributed by atoms with Gasteiger partial charge in [-0.3, -0.25) is 4.84 Å². The molecule has 0 aliphatic rings. The minimum Gasteiger partial charge on any atom is -0.299 e. The number of para-hydroxylation sites is 1. The summed E-state index contributed by atoms with van der Waals surface area (Å²) in [7, 11) is 0. The smallest absolute Gasteiger partial charge is 0.0491 e. The number of anilines is 1. The first-order valence-electron chi connectivity index (χ1n) is 2.35. The average molecular weight is 151 g/mol. The van der Waals surface area contributed by atoms with Gasteiger partial charge in [-0.25, -0.2) is 0 Å². The number of rotatable bonds is 1. The van der Waals surface area contributed by atoms with Gasteiger partial charge in [0.05, 0.1) is 0 Å². The molecule has 1 nitrogen and oxygen atoms in total. The molecule has 0 saturated heterocycles. The molecule has 0 unspecified atom stereocenters. The van der Waals surface area contributed by atoms with Crippen LogP contribution in [0, 0.1) is 0 Å². The van der Waals surface area contributed by atoms with Crippen LogP contribution in [0.3, 0.4) is 0 Å². The van der Waals surface area contributed by atoms with Crippen LogP contribution in [0.25, 0.3) is 0 Å². The van der Waals surface area contributed by atoms with Gasteiger partial charge in [-0.1, -0.05) is 18.2 Å². The maximum atomic E-state index is 5.28. The Hall–Kier alpha value is 0.310. The van der Waals surface area contributed by atoms with E-state index in [1.165, 1.54) is 0 Å². The predicted octanol–water partition coefficient (Wildman–Crippen LogP) is 1.87. The van der Waals surface area contributed by atoms with Gasteiger partial charge in [-0.05, 0) is 12.1 Å². The topological polar surface area (TPSA) is 12.0 Å². The number of halogens is 1. The van der Waals surface area contributed by atoms with Gasteiger partial charge in [0.1, 0.15) is 0 Å². The molecule has 1 aromatic rings. The van der Waals surface area contributed by atoms with Crippen LogP contribution in [0.15, 0.2) is 30.3 Å². The zero-order chi connectivity index (χ0) is 5.82. The van der Waals surface area contributed by atoms with Crippen LogP contribution in [0.5, 0.6) is 0 Å². The largest absolute Gasteiger partial charge is 0.299 e. The SMILES string of the molecule is ClNc1ccccc1.[Na].